The minimum absolute atomic E-state index is 0.242. The minimum Gasteiger partial charge on any atom is -0.368 e. The van der Waals surface area contributed by atoms with Crippen molar-refractivity contribution < 1.29 is 4.79 Å². The molecule has 1 amide bonds. The molecular formula is C16H27N3O. The van der Waals surface area contributed by atoms with Gasteiger partial charge < -0.3 is 16.0 Å². The van der Waals surface area contributed by atoms with E-state index in [1.165, 1.54) is 11.1 Å². The molecule has 0 saturated heterocycles. The maximum absolute atomic E-state index is 11.2. The summed E-state index contributed by atoms with van der Waals surface area (Å²) in [7, 11) is 0. The van der Waals surface area contributed by atoms with Crippen LogP contribution in [-0.2, 0) is 11.3 Å². The van der Waals surface area contributed by atoms with E-state index < -0.39 is 0 Å². The average Bonchev–Trinajstić information content (AvgIpc) is 2.37. The van der Waals surface area contributed by atoms with Gasteiger partial charge in [0, 0.05) is 18.3 Å². The summed E-state index contributed by atoms with van der Waals surface area (Å²) in [6.45, 7) is 10.6. The number of carbonyl (C=O) groups is 1. The molecule has 0 unspecified atom stereocenters. The van der Waals surface area contributed by atoms with Gasteiger partial charge in [-0.05, 0) is 57.0 Å². The number of nitrogens with two attached hydrogens (primary N) is 1. The fourth-order valence-corrected chi connectivity index (χ4v) is 2.20. The van der Waals surface area contributed by atoms with Crippen molar-refractivity contribution in [3.05, 3.63) is 29.3 Å². The number of benzene rings is 1. The Balaban J connectivity index is 2.85. The molecule has 20 heavy (non-hydrogen) atoms. The molecule has 0 aliphatic heterocycles. The number of rotatable bonds is 8. The van der Waals surface area contributed by atoms with Gasteiger partial charge in [-0.25, -0.2) is 0 Å². The molecule has 0 bridgehead atoms. The average molecular weight is 277 g/mol. The molecule has 3 N–H and O–H groups in total. The predicted octanol–water partition coefficient (Wildman–Crippen LogP) is 2.19. The summed E-state index contributed by atoms with van der Waals surface area (Å²) in [4.78, 5) is 13.2. The number of nitrogens with one attached hydrogen (secondary N) is 1. The first-order chi connectivity index (χ1) is 9.45. The maximum Gasteiger partial charge on any atom is 0.236 e. The molecule has 0 aliphatic carbocycles. The standard InChI is InChI=1S/C16H27N3O/c1-5-8-18-10-14-6-7-15(9-13(14)4)19(12(2)3)11-16(17)20/h6-7,9,12,18H,5,8,10-11H2,1-4H3,(H2,17,20). The van der Waals surface area contributed by atoms with E-state index in [1.54, 1.807) is 0 Å². The van der Waals surface area contributed by atoms with E-state index in [2.05, 4.69) is 51.2 Å². The molecular weight excluding hydrogens is 250 g/mol. The first-order valence-electron chi connectivity index (χ1n) is 7.30. The van der Waals surface area contributed by atoms with Crippen LogP contribution in [0.25, 0.3) is 0 Å². The highest BCUT2D eigenvalue weighted by Gasteiger charge is 2.13. The molecule has 1 rings (SSSR count). The molecule has 0 spiro atoms. The Labute approximate surface area is 122 Å². The Morgan fingerprint density at radius 1 is 1.40 bits per heavy atom. The Morgan fingerprint density at radius 3 is 2.60 bits per heavy atom. The topological polar surface area (TPSA) is 58.4 Å². The van der Waals surface area contributed by atoms with Gasteiger partial charge in [-0.2, -0.15) is 0 Å². The molecule has 1 aromatic carbocycles. The van der Waals surface area contributed by atoms with Gasteiger partial charge in [0.25, 0.3) is 0 Å². The molecule has 4 heteroatoms. The van der Waals surface area contributed by atoms with Crippen molar-refractivity contribution in [3.8, 4) is 0 Å². The third kappa shape index (κ3) is 4.85. The lowest BCUT2D eigenvalue weighted by Gasteiger charge is -2.28. The Kier molecular flexibility index (Phi) is 6.52. The van der Waals surface area contributed by atoms with Crippen LogP contribution in [-0.4, -0.2) is 25.0 Å². The van der Waals surface area contributed by atoms with Gasteiger partial charge in [0.1, 0.15) is 0 Å². The lowest BCUT2D eigenvalue weighted by Crippen LogP contribution is -2.38. The van der Waals surface area contributed by atoms with Crippen molar-refractivity contribution in [2.75, 3.05) is 18.0 Å². The zero-order valence-electron chi connectivity index (χ0n) is 13.1. The molecule has 0 saturated carbocycles. The molecule has 0 aromatic heterocycles. The number of carbonyl (C=O) groups excluding carboxylic acids is 1. The summed E-state index contributed by atoms with van der Waals surface area (Å²) in [5, 5.41) is 3.41. The van der Waals surface area contributed by atoms with Crippen molar-refractivity contribution in [1.82, 2.24) is 5.32 Å². The maximum atomic E-state index is 11.2. The summed E-state index contributed by atoms with van der Waals surface area (Å²) in [6, 6.07) is 6.57. The molecule has 0 radical (unpaired) electrons. The summed E-state index contributed by atoms with van der Waals surface area (Å²) in [5.41, 5.74) is 8.91. The number of hydrogen-bond donors (Lipinski definition) is 2. The summed E-state index contributed by atoms with van der Waals surface area (Å²) in [6.07, 6.45) is 1.14. The molecule has 0 atom stereocenters. The third-order valence-corrected chi connectivity index (χ3v) is 3.35. The Morgan fingerprint density at radius 2 is 2.10 bits per heavy atom. The second-order valence-corrected chi connectivity index (χ2v) is 5.48. The highest BCUT2D eigenvalue weighted by molar-refractivity contribution is 5.79. The third-order valence-electron chi connectivity index (χ3n) is 3.35. The van der Waals surface area contributed by atoms with Gasteiger partial charge in [-0.1, -0.05) is 13.0 Å². The van der Waals surface area contributed by atoms with Crippen molar-refractivity contribution in [1.29, 1.82) is 0 Å². The van der Waals surface area contributed by atoms with Crippen molar-refractivity contribution in [3.63, 3.8) is 0 Å². The first-order valence-corrected chi connectivity index (χ1v) is 7.30. The molecule has 0 fully saturated rings. The highest BCUT2D eigenvalue weighted by Crippen LogP contribution is 2.21. The van der Waals surface area contributed by atoms with E-state index in [0.717, 1.165) is 25.2 Å². The smallest absolute Gasteiger partial charge is 0.236 e. The molecule has 112 valence electrons. The number of aryl methyl sites for hydroxylation is 1. The highest BCUT2D eigenvalue weighted by atomic mass is 16.1. The van der Waals surface area contributed by atoms with Crippen LogP contribution in [0.2, 0.25) is 0 Å². The zero-order chi connectivity index (χ0) is 15.1. The first kappa shape index (κ1) is 16.5. The second-order valence-electron chi connectivity index (χ2n) is 5.48. The van der Waals surface area contributed by atoms with Crippen LogP contribution in [0.1, 0.15) is 38.3 Å². The molecule has 1 aromatic rings. The van der Waals surface area contributed by atoms with Gasteiger partial charge in [-0.3, -0.25) is 4.79 Å². The Bertz CT molecular complexity index is 443. The van der Waals surface area contributed by atoms with E-state index in [-0.39, 0.29) is 18.5 Å². The summed E-state index contributed by atoms with van der Waals surface area (Å²) in [5.74, 6) is -0.301. The van der Waals surface area contributed by atoms with E-state index >= 15 is 0 Å². The number of amides is 1. The van der Waals surface area contributed by atoms with Crippen LogP contribution < -0.4 is 16.0 Å². The van der Waals surface area contributed by atoms with Crippen molar-refractivity contribution in [2.45, 2.75) is 46.7 Å². The number of anilines is 1. The summed E-state index contributed by atoms with van der Waals surface area (Å²) >= 11 is 0. The monoisotopic (exact) mass is 277 g/mol. The van der Waals surface area contributed by atoms with Crippen LogP contribution in [0.3, 0.4) is 0 Å². The number of nitrogens with zero attached hydrogens (tertiary/aromatic N) is 1. The van der Waals surface area contributed by atoms with Crippen LogP contribution in [0.15, 0.2) is 18.2 Å². The zero-order valence-corrected chi connectivity index (χ0v) is 13.1. The largest absolute Gasteiger partial charge is 0.368 e. The normalized spacial score (nSPS) is 10.8. The fourth-order valence-electron chi connectivity index (χ4n) is 2.20. The van der Waals surface area contributed by atoms with Crippen molar-refractivity contribution in [2.24, 2.45) is 5.73 Å². The van der Waals surface area contributed by atoms with E-state index in [9.17, 15) is 4.79 Å². The molecule has 0 heterocycles. The number of primary amides is 1. The van der Waals surface area contributed by atoms with Crippen LogP contribution >= 0.6 is 0 Å². The van der Waals surface area contributed by atoms with Crippen LogP contribution in [0.4, 0.5) is 5.69 Å². The fraction of sp³-hybridized carbons (Fsp3) is 0.562. The van der Waals surface area contributed by atoms with E-state index in [4.69, 9.17) is 5.73 Å². The van der Waals surface area contributed by atoms with Gasteiger partial charge >= 0.3 is 0 Å². The quantitative estimate of drug-likeness (QED) is 0.716. The van der Waals surface area contributed by atoms with Gasteiger partial charge in [0.05, 0.1) is 6.54 Å². The van der Waals surface area contributed by atoms with Gasteiger partial charge in [0.15, 0.2) is 0 Å². The van der Waals surface area contributed by atoms with E-state index in [1.807, 2.05) is 4.90 Å². The van der Waals surface area contributed by atoms with Crippen LogP contribution in [0, 0.1) is 6.92 Å². The van der Waals surface area contributed by atoms with Gasteiger partial charge in [0.2, 0.25) is 5.91 Å². The Hall–Kier alpha value is -1.55. The second kappa shape index (κ2) is 7.90. The lowest BCUT2D eigenvalue weighted by atomic mass is 10.1. The van der Waals surface area contributed by atoms with E-state index in [0.29, 0.717) is 0 Å². The van der Waals surface area contributed by atoms with Crippen molar-refractivity contribution >= 4 is 11.6 Å². The summed E-state index contributed by atoms with van der Waals surface area (Å²) < 4.78 is 0. The minimum atomic E-state index is -0.301. The SMILES string of the molecule is CCCNCc1ccc(N(CC(N)=O)C(C)C)cc1C. The number of hydrogen-bond acceptors (Lipinski definition) is 3. The lowest BCUT2D eigenvalue weighted by molar-refractivity contribution is -0.116. The molecule has 4 nitrogen and oxygen atoms in total. The van der Waals surface area contributed by atoms with Crippen LogP contribution in [0.5, 0.6) is 0 Å². The molecule has 0 aliphatic rings. The predicted molar refractivity (Wildman–Crippen MR) is 84.9 cm³/mol. The van der Waals surface area contributed by atoms with Gasteiger partial charge in [-0.15, -0.1) is 0 Å².